The van der Waals surface area contributed by atoms with E-state index in [-0.39, 0.29) is 0 Å². The Bertz CT molecular complexity index is 494. The lowest BCUT2D eigenvalue weighted by atomic mass is 9.84. The van der Waals surface area contributed by atoms with E-state index in [0.29, 0.717) is 0 Å². The fourth-order valence-corrected chi connectivity index (χ4v) is 4.28. The minimum Gasteiger partial charge on any atom is -0.497 e. The van der Waals surface area contributed by atoms with Crippen LogP contribution in [0.3, 0.4) is 0 Å². The van der Waals surface area contributed by atoms with Crippen molar-refractivity contribution in [1.82, 2.24) is 9.80 Å². The van der Waals surface area contributed by atoms with Crippen LogP contribution in [0.2, 0.25) is 0 Å². The lowest BCUT2D eigenvalue weighted by Crippen LogP contribution is -2.52. The van der Waals surface area contributed by atoms with E-state index >= 15 is 0 Å². The van der Waals surface area contributed by atoms with E-state index in [1.165, 1.54) is 48.9 Å². The zero-order valence-electron chi connectivity index (χ0n) is 13.0. The van der Waals surface area contributed by atoms with Gasteiger partial charge in [-0.1, -0.05) is 15.9 Å². The Hall–Kier alpha value is -0.580. The van der Waals surface area contributed by atoms with Crippen LogP contribution in [0.5, 0.6) is 5.75 Å². The van der Waals surface area contributed by atoms with Crippen LogP contribution in [-0.2, 0) is 6.54 Å². The van der Waals surface area contributed by atoms with Crippen LogP contribution < -0.4 is 4.74 Å². The predicted octanol–water partition coefficient (Wildman–Crippen LogP) is 3.37. The van der Waals surface area contributed by atoms with Gasteiger partial charge in [0.2, 0.25) is 0 Å². The van der Waals surface area contributed by atoms with Crippen LogP contribution in [0.4, 0.5) is 0 Å². The van der Waals surface area contributed by atoms with Gasteiger partial charge < -0.3 is 9.64 Å². The van der Waals surface area contributed by atoms with Crippen molar-refractivity contribution in [3.05, 3.63) is 28.2 Å². The van der Waals surface area contributed by atoms with Gasteiger partial charge in [0.15, 0.2) is 0 Å². The molecule has 0 amide bonds. The molecular formula is C17H25BrN2O. The lowest BCUT2D eigenvalue weighted by molar-refractivity contribution is 0.0354. The molecule has 0 bridgehead atoms. The molecule has 2 heterocycles. The summed E-state index contributed by atoms with van der Waals surface area (Å²) in [5.74, 6) is 1.79. The quantitative estimate of drug-likeness (QED) is 0.829. The third-order valence-corrected chi connectivity index (χ3v) is 5.85. The Kier molecular flexibility index (Phi) is 4.87. The maximum Gasteiger partial charge on any atom is 0.119 e. The molecule has 2 saturated heterocycles. The van der Waals surface area contributed by atoms with Crippen LogP contribution >= 0.6 is 15.9 Å². The highest BCUT2D eigenvalue weighted by Crippen LogP contribution is 2.31. The minimum absolute atomic E-state index is 0.809. The predicted molar refractivity (Wildman–Crippen MR) is 89.7 cm³/mol. The Morgan fingerprint density at radius 2 is 2.14 bits per heavy atom. The molecule has 21 heavy (non-hydrogen) atoms. The van der Waals surface area contributed by atoms with Gasteiger partial charge in [-0.15, -0.1) is 0 Å². The number of halogens is 1. The molecule has 0 spiro atoms. The fourth-order valence-electron chi connectivity index (χ4n) is 3.91. The van der Waals surface area contributed by atoms with Crippen molar-refractivity contribution in [2.24, 2.45) is 5.92 Å². The summed E-state index contributed by atoms with van der Waals surface area (Å²) in [5, 5.41) is 0. The van der Waals surface area contributed by atoms with Crippen molar-refractivity contribution in [2.75, 3.05) is 33.8 Å². The molecule has 2 aliphatic rings. The summed E-state index contributed by atoms with van der Waals surface area (Å²) in [5.41, 5.74) is 1.33. The van der Waals surface area contributed by atoms with Gasteiger partial charge in [-0.25, -0.2) is 0 Å². The number of likely N-dealkylation sites (tertiary alicyclic amines) is 2. The summed E-state index contributed by atoms with van der Waals surface area (Å²) >= 11 is 3.67. The lowest BCUT2D eigenvalue weighted by Gasteiger charge is -2.46. The van der Waals surface area contributed by atoms with Crippen molar-refractivity contribution in [2.45, 2.75) is 31.8 Å². The SMILES string of the molecule is COc1ccc(Br)c(CN2CCC3C(CCCN3C)C2)c1. The van der Waals surface area contributed by atoms with E-state index in [0.717, 1.165) is 24.3 Å². The Labute approximate surface area is 136 Å². The number of ether oxygens (including phenoxy) is 1. The molecule has 2 unspecified atom stereocenters. The van der Waals surface area contributed by atoms with Crippen LogP contribution in [0.25, 0.3) is 0 Å². The number of piperidine rings is 2. The first-order valence-electron chi connectivity index (χ1n) is 7.92. The molecule has 0 aromatic heterocycles. The smallest absolute Gasteiger partial charge is 0.119 e. The first-order chi connectivity index (χ1) is 10.2. The summed E-state index contributed by atoms with van der Waals surface area (Å²) in [6, 6.07) is 7.07. The van der Waals surface area contributed by atoms with E-state index in [2.05, 4.69) is 44.9 Å². The number of hydrogen-bond donors (Lipinski definition) is 0. The van der Waals surface area contributed by atoms with Crippen LogP contribution in [-0.4, -0.2) is 49.6 Å². The van der Waals surface area contributed by atoms with Crippen LogP contribution in [0.15, 0.2) is 22.7 Å². The summed E-state index contributed by atoms with van der Waals surface area (Å²) < 4.78 is 6.54. The normalized spacial score (nSPS) is 27.4. The Balaban J connectivity index is 1.66. The summed E-state index contributed by atoms with van der Waals surface area (Å²) in [4.78, 5) is 5.19. The van der Waals surface area contributed by atoms with E-state index in [1.54, 1.807) is 7.11 Å². The van der Waals surface area contributed by atoms with Crippen molar-refractivity contribution in [1.29, 1.82) is 0 Å². The molecule has 0 N–H and O–H groups in total. The summed E-state index contributed by atoms with van der Waals surface area (Å²) in [6.07, 6.45) is 4.06. The average Bonchev–Trinajstić information content (AvgIpc) is 2.50. The van der Waals surface area contributed by atoms with Crippen molar-refractivity contribution < 1.29 is 4.74 Å². The number of rotatable bonds is 3. The summed E-state index contributed by atoms with van der Waals surface area (Å²) in [6.45, 7) is 4.74. The topological polar surface area (TPSA) is 15.7 Å². The third-order valence-electron chi connectivity index (χ3n) is 5.08. The molecule has 116 valence electrons. The maximum absolute atomic E-state index is 5.35. The van der Waals surface area contributed by atoms with E-state index in [9.17, 15) is 0 Å². The van der Waals surface area contributed by atoms with Crippen molar-refractivity contribution >= 4 is 15.9 Å². The van der Waals surface area contributed by atoms with Crippen molar-refractivity contribution in [3.8, 4) is 5.75 Å². The molecule has 0 radical (unpaired) electrons. The molecule has 2 atom stereocenters. The third kappa shape index (κ3) is 3.43. The Morgan fingerprint density at radius 1 is 1.29 bits per heavy atom. The second-order valence-corrected chi connectivity index (χ2v) is 7.29. The average molecular weight is 353 g/mol. The number of methoxy groups -OCH3 is 1. The largest absolute Gasteiger partial charge is 0.497 e. The van der Waals surface area contributed by atoms with Crippen LogP contribution in [0, 0.1) is 5.92 Å². The monoisotopic (exact) mass is 352 g/mol. The highest BCUT2D eigenvalue weighted by atomic mass is 79.9. The molecule has 1 aromatic rings. The van der Waals surface area contributed by atoms with Gasteiger partial charge in [-0.2, -0.15) is 0 Å². The van der Waals surface area contributed by atoms with Gasteiger partial charge >= 0.3 is 0 Å². The fraction of sp³-hybridized carbons (Fsp3) is 0.647. The number of nitrogens with zero attached hydrogens (tertiary/aromatic N) is 2. The molecule has 3 rings (SSSR count). The molecule has 2 fully saturated rings. The van der Waals surface area contributed by atoms with Gasteiger partial charge in [0.1, 0.15) is 5.75 Å². The van der Waals surface area contributed by atoms with Gasteiger partial charge in [-0.3, -0.25) is 4.90 Å². The number of fused-ring (bicyclic) bond motifs is 1. The van der Waals surface area contributed by atoms with Crippen LogP contribution in [0.1, 0.15) is 24.8 Å². The molecular weight excluding hydrogens is 328 g/mol. The zero-order valence-corrected chi connectivity index (χ0v) is 14.6. The minimum atomic E-state index is 0.809. The molecule has 0 saturated carbocycles. The second-order valence-electron chi connectivity index (χ2n) is 6.43. The first-order valence-corrected chi connectivity index (χ1v) is 8.71. The number of hydrogen-bond acceptors (Lipinski definition) is 3. The molecule has 1 aromatic carbocycles. The van der Waals surface area contributed by atoms with E-state index in [4.69, 9.17) is 4.74 Å². The molecule has 0 aliphatic carbocycles. The van der Waals surface area contributed by atoms with Crippen molar-refractivity contribution in [3.63, 3.8) is 0 Å². The molecule has 3 nitrogen and oxygen atoms in total. The van der Waals surface area contributed by atoms with E-state index in [1.807, 2.05) is 6.07 Å². The van der Waals surface area contributed by atoms with E-state index < -0.39 is 0 Å². The standard InChI is InChI=1S/C17H25BrN2O/c1-19-8-3-4-13-11-20(9-7-17(13)19)12-14-10-15(21-2)5-6-16(14)18/h5-6,10,13,17H,3-4,7-9,11-12H2,1-2H3. The van der Waals surface area contributed by atoms with Gasteiger partial charge in [0, 0.05) is 23.6 Å². The zero-order chi connectivity index (χ0) is 14.8. The first kappa shape index (κ1) is 15.3. The maximum atomic E-state index is 5.35. The van der Waals surface area contributed by atoms with Gasteiger partial charge in [-0.05, 0) is 69.1 Å². The number of benzene rings is 1. The second kappa shape index (κ2) is 6.67. The highest BCUT2D eigenvalue weighted by Gasteiger charge is 2.34. The Morgan fingerprint density at radius 3 is 2.95 bits per heavy atom. The molecule has 2 aliphatic heterocycles. The highest BCUT2D eigenvalue weighted by molar-refractivity contribution is 9.10. The molecule has 4 heteroatoms. The summed E-state index contributed by atoms with van der Waals surface area (Å²) in [7, 11) is 4.03. The van der Waals surface area contributed by atoms with Gasteiger partial charge in [0.05, 0.1) is 7.11 Å². The van der Waals surface area contributed by atoms with Gasteiger partial charge in [0.25, 0.3) is 0 Å².